The molecular weight excluding hydrogens is 292 g/mol. The normalized spacial score (nSPS) is 25.8. The van der Waals surface area contributed by atoms with Crippen LogP contribution in [0, 0.1) is 5.41 Å². The molecule has 2 aliphatic carbocycles. The Hall–Kier alpha value is -1.89. The maximum atomic E-state index is 6.06. The van der Waals surface area contributed by atoms with Gasteiger partial charge in [-0.3, -0.25) is 4.68 Å². The molecule has 1 spiro atoms. The molecule has 7 nitrogen and oxygen atoms in total. The number of nitrogens with two attached hydrogens (primary N) is 1. The second kappa shape index (κ2) is 5.33. The number of anilines is 2. The summed E-state index contributed by atoms with van der Waals surface area (Å²) in [5.74, 6) is 1.08. The quantitative estimate of drug-likeness (QED) is 0.897. The van der Waals surface area contributed by atoms with Gasteiger partial charge in [-0.2, -0.15) is 15.1 Å². The molecule has 3 N–H and O–H groups in total. The predicted molar refractivity (Wildman–Crippen MR) is 89.1 cm³/mol. The van der Waals surface area contributed by atoms with Crippen LogP contribution >= 0.6 is 0 Å². The highest BCUT2D eigenvalue weighted by molar-refractivity contribution is 5.86. The third kappa shape index (κ3) is 2.17. The lowest BCUT2D eigenvalue weighted by atomic mass is 9.60. The van der Waals surface area contributed by atoms with E-state index in [0.717, 1.165) is 24.1 Å². The first kappa shape index (κ1) is 14.7. The third-order valence-corrected chi connectivity index (χ3v) is 5.61. The maximum absolute atomic E-state index is 6.06. The van der Waals surface area contributed by atoms with Crippen molar-refractivity contribution < 1.29 is 4.74 Å². The van der Waals surface area contributed by atoms with E-state index in [1.165, 1.54) is 25.7 Å². The molecule has 7 heteroatoms. The Labute approximate surface area is 135 Å². The average molecular weight is 316 g/mol. The van der Waals surface area contributed by atoms with Crippen molar-refractivity contribution in [3.63, 3.8) is 0 Å². The Morgan fingerprint density at radius 2 is 2.17 bits per heavy atom. The molecule has 2 heterocycles. The smallest absolute Gasteiger partial charge is 0.226 e. The van der Waals surface area contributed by atoms with Crippen LogP contribution in [0.4, 0.5) is 11.8 Å². The first-order valence-corrected chi connectivity index (χ1v) is 8.47. The van der Waals surface area contributed by atoms with Gasteiger partial charge in [-0.25, -0.2) is 0 Å². The first-order valence-electron chi connectivity index (χ1n) is 8.47. The Morgan fingerprint density at radius 1 is 1.39 bits per heavy atom. The summed E-state index contributed by atoms with van der Waals surface area (Å²) in [6.45, 7) is 2.85. The molecule has 2 aromatic rings. The Balaban J connectivity index is 1.59. The number of hydrogen-bond acceptors (Lipinski definition) is 6. The van der Waals surface area contributed by atoms with Crippen LogP contribution in [0.3, 0.4) is 0 Å². The minimum atomic E-state index is 0.246. The third-order valence-electron chi connectivity index (χ3n) is 5.61. The number of aromatic nitrogens is 4. The second-order valence-electron chi connectivity index (χ2n) is 6.75. The van der Waals surface area contributed by atoms with Gasteiger partial charge in [-0.1, -0.05) is 12.8 Å². The highest BCUT2D eigenvalue weighted by atomic mass is 16.5. The molecule has 23 heavy (non-hydrogen) atoms. The summed E-state index contributed by atoms with van der Waals surface area (Å²) in [5.41, 5.74) is 7.07. The lowest BCUT2D eigenvalue weighted by Gasteiger charge is -2.54. The summed E-state index contributed by atoms with van der Waals surface area (Å²) in [7, 11) is 1.87. The van der Waals surface area contributed by atoms with E-state index in [-0.39, 0.29) is 5.41 Å². The number of rotatable bonds is 4. The molecular formula is C16H24N6O. The van der Waals surface area contributed by atoms with E-state index in [4.69, 9.17) is 10.5 Å². The summed E-state index contributed by atoms with van der Waals surface area (Å²) >= 11 is 0. The topological polar surface area (TPSA) is 90.9 Å². The number of aryl methyl sites for hydroxylation is 1. The molecule has 0 aromatic carbocycles. The van der Waals surface area contributed by atoms with E-state index >= 15 is 0 Å². The fraction of sp³-hybridized carbons (Fsp3) is 0.688. The van der Waals surface area contributed by atoms with Gasteiger partial charge in [-0.05, 0) is 26.2 Å². The summed E-state index contributed by atoms with van der Waals surface area (Å²) in [6, 6.07) is 0.367. The lowest BCUT2D eigenvalue weighted by molar-refractivity contribution is -0.114. The number of ether oxygens (including phenoxy) is 1. The molecule has 2 saturated carbocycles. The summed E-state index contributed by atoms with van der Waals surface area (Å²) in [6.07, 6.45) is 8.10. The van der Waals surface area contributed by atoms with Crippen molar-refractivity contribution in [2.24, 2.45) is 12.5 Å². The van der Waals surface area contributed by atoms with Crippen molar-refractivity contribution in [3.8, 4) is 0 Å². The Bertz CT molecular complexity index is 721. The molecule has 2 atom stereocenters. The van der Waals surface area contributed by atoms with Gasteiger partial charge in [0.2, 0.25) is 5.95 Å². The molecule has 0 saturated heterocycles. The molecule has 0 amide bonds. The molecule has 0 radical (unpaired) electrons. The van der Waals surface area contributed by atoms with Crippen molar-refractivity contribution in [3.05, 3.63) is 6.20 Å². The largest absolute Gasteiger partial charge is 0.383 e. The molecule has 2 aromatic heterocycles. The van der Waals surface area contributed by atoms with Gasteiger partial charge >= 0.3 is 0 Å². The van der Waals surface area contributed by atoms with E-state index < -0.39 is 0 Å². The Kier molecular flexibility index (Phi) is 3.41. The van der Waals surface area contributed by atoms with Crippen LogP contribution in [-0.4, -0.2) is 38.5 Å². The van der Waals surface area contributed by atoms with E-state index in [1.807, 2.05) is 7.05 Å². The van der Waals surface area contributed by atoms with Crippen LogP contribution in [-0.2, 0) is 11.8 Å². The molecule has 4 rings (SSSR count). The van der Waals surface area contributed by atoms with Crippen LogP contribution in [0.15, 0.2) is 6.20 Å². The molecule has 2 aliphatic rings. The summed E-state index contributed by atoms with van der Waals surface area (Å²) < 4.78 is 7.69. The number of nitrogens with one attached hydrogen (secondary N) is 1. The van der Waals surface area contributed by atoms with E-state index in [0.29, 0.717) is 23.9 Å². The minimum Gasteiger partial charge on any atom is -0.383 e. The van der Waals surface area contributed by atoms with Crippen molar-refractivity contribution in [1.29, 1.82) is 0 Å². The SMILES string of the molecule is CCOC1CC(Nc2nc(N)c3cnn(C)c3n2)C12CCCC2. The van der Waals surface area contributed by atoms with Gasteiger partial charge in [0.25, 0.3) is 0 Å². The molecule has 124 valence electrons. The highest BCUT2D eigenvalue weighted by Gasteiger charge is 2.56. The molecule has 2 unspecified atom stereocenters. The minimum absolute atomic E-state index is 0.246. The van der Waals surface area contributed by atoms with Gasteiger partial charge in [0.15, 0.2) is 5.65 Å². The van der Waals surface area contributed by atoms with Crippen LogP contribution < -0.4 is 11.1 Å². The van der Waals surface area contributed by atoms with Crippen molar-refractivity contribution >= 4 is 22.8 Å². The fourth-order valence-electron chi connectivity index (χ4n) is 4.35. The number of fused-ring (bicyclic) bond motifs is 1. The van der Waals surface area contributed by atoms with Crippen molar-refractivity contribution in [2.45, 2.75) is 51.2 Å². The first-order chi connectivity index (χ1) is 11.1. The zero-order valence-electron chi connectivity index (χ0n) is 13.7. The van der Waals surface area contributed by atoms with Crippen LogP contribution in [0.5, 0.6) is 0 Å². The van der Waals surface area contributed by atoms with E-state index in [1.54, 1.807) is 10.9 Å². The van der Waals surface area contributed by atoms with Crippen molar-refractivity contribution in [1.82, 2.24) is 19.7 Å². The molecule has 0 bridgehead atoms. The summed E-state index contributed by atoms with van der Waals surface area (Å²) in [5, 5.41) is 8.53. The maximum Gasteiger partial charge on any atom is 0.226 e. The average Bonchev–Trinajstić information content (AvgIpc) is 3.16. The number of hydrogen-bond donors (Lipinski definition) is 2. The van der Waals surface area contributed by atoms with Crippen LogP contribution in [0.25, 0.3) is 11.0 Å². The lowest BCUT2D eigenvalue weighted by Crippen LogP contribution is -2.60. The van der Waals surface area contributed by atoms with Crippen LogP contribution in [0.1, 0.15) is 39.0 Å². The molecule has 0 aliphatic heterocycles. The zero-order chi connectivity index (χ0) is 16.0. The standard InChI is InChI=1S/C16H24N6O/c1-3-23-12-8-11(16(12)6-4-5-7-16)19-15-20-13(17)10-9-18-22(2)14(10)21-15/h9,11-12H,3-8H2,1-2H3,(H3,17,19,20,21). The number of nitrogens with zero attached hydrogens (tertiary/aromatic N) is 4. The van der Waals surface area contributed by atoms with Gasteiger partial charge in [-0.15, -0.1) is 0 Å². The van der Waals surface area contributed by atoms with Gasteiger partial charge in [0.05, 0.1) is 17.7 Å². The van der Waals surface area contributed by atoms with E-state index in [9.17, 15) is 0 Å². The summed E-state index contributed by atoms with van der Waals surface area (Å²) in [4.78, 5) is 9.02. The molecule has 2 fully saturated rings. The monoisotopic (exact) mass is 316 g/mol. The van der Waals surface area contributed by atoms with Gasteiger partial charge in [0, 0.05) is 25.1 Å². The fourth-order valence-corrected chi connectivity index (χ4v) is 4.35. The number of nitrogen functional groups attached to an aromatic ring is 1. The predicted octanol–water partition coefficient (Wildman–Crippen LogP) is 2.10. The highest BCUT2D eigenvalue weighted by Crippen LogP contribution is 2.55. The van der Waals surface area contributed by atoms with E-state index in [2.05, 4.69) is 27.3 Å². The van der Waals surface area contributed by atoms with Crippen LogP contribution in [0.2, 0.25) is 0 Å². The van der Waals surface area contributed by atoms with Crippen molar-refractivity contribution in [2.75, 3.05) is 17.7 Å². The van der Waals surface area contributed by atoms with Gasteiger partial charge in [0.1, 0.15) is 5.82 Å². The zero-order valence-corrected chi connectivity index (χ0v) is 13.7. The second-order valence-corrected chi connectivity index (χ2v) is 6.75. The van der Waals surface area contributed by atoms with Gasteiger partial charge < -0.3 is 15.8 Å². The Morgan fingerprint density at radius 3 is 2.91 bits per heavy atom.